The number of halogens is 2. The van der Waals surface area contributed by atoms with E-state index in [0.717, 1.165) is 36.5 Å². The Labute approximate surface area is 202 Å². The van der Waals surface area contributed by atoms with Crippen molar-refractivity contribution in [3.05, 3.63) is 65.0 Å². The monoisotopic (exact) mass is 478 g/mol. The van der Waals surface area contributed by atoms with Crippen molar-refractivity contribution in [1.82, 2.24) is 19.7 Å². The number of aromatic nitrogens is 3. The van der Waals surface area contributed by atoms with Gasteiger partial charge in [-0.05, 0) is 39.1 Å². The highest BCUT2D eigenvalue weighted by Crippen LogP contribution is 2.31. The van der Waals surface area contributed by atoms with Crippen molar-refractivity contribution in [2.45, 2.75) is 33.7 Å². The highest BCUT2D eigenvalue weighted by Gasteiger charge is 2.14. The van der Waals surface area contributed by atoms with Crippen LogP contribution in [0.4, 0.5) is 0 Å². The van der Waals surface area contributed by atoms with Gasteiger partial charge < -0.3 is 9.64 Å². The molecule has 0 fully saturated rings. The summed E-state index contributed by atoms with van der Waals surface area (Å²) in [5.41, 5.74) is 3.23. The van der Waals surface area contributed by atoms with Crippen LogP contribution < -0.4 is 10.3 Å². The molecule has 174 valence electrons. The highest BCUT2D eigenvalue weighted by molar-refractivity contribution is 5.85. The zero-order chi connectivity index (χ0) is 21.5. The van der Waals surface area contributed by atoms with Crippen LogP contribution in [0, 0.1) is 0 Å². The molecule has 0 spiro atoms. The summed E-state index contributed by atoms with van der Waals surface area (Å²) in [6.07, 6.45) is 0. The van der Waals surface area contributed by atoms with Gasteiger partial charge in [0.25, 0.3) is 5.56 Å². The van der Waals surface area contributed by atoms with Crippen molar-refractivity contribution in [3.8, 4) is 28.4 Å². The molecular weight excluding hydrogens is 447 g/mol. The summed E-state index contributed by atoms with van der Waals surface area (Å²) >= 11 is 0. The molecule has 0 saturated heterocycles. The largest absolute Gasteiger partial charge is 0.476 e. The molecule has 0 atom stereocenters. The second kappa shape index (κ2) is 13.2. The first kappa shape index (κ1) is 27.6. The highest BCUT2D eigenvalue weighted by atomic mass is 35.5. The van der Waals surface area contributed by atoms with E-state index in [2.05, 4.69) is 23.8 Å². The van der Waals surface area contributed by atoms with Crippen LogP contribution in [0.2, 0.25) is 0 Å². The van der Waals surface area contributed by atoms with Crippen LogP contribution in [0.1, 0.15) is 33.7 Å². The smallest absolute Gasteiger partial charge is 0.267 e. The second-order valence-electron chi connectivity index (χ2n) is 7.38. The summed E-state index contributed by atoms with van der Waals surface area (Å²) in [5.74, 6) is 0.585. The molecule has 8 heteroatoms. The summed E-state index contributed by atoms with van der Waals surface area (Å²) in [4.78, 5) is 19.2. The lowest BCUT2D eigenvalue weighted by molar-refractivity contribution is 0.218. The van der Waals surface area contributed by atoms with Crippen LogP contribution in [0.15, 0.2) is 59.4 Å². The number of likely N-dealkylation sites (N-methyl/N-ethyl adjacent to an activating group) is 1. The van der Waals surface area contributed by atoms with Gasteiger partial charge in [0.15, 0.2) is 0 Å². The van der Waals surface area contributed by atoms with Crippen LogP contribution in [0.25, 0.3) is 22.5 Å². The molecule has 0 aliphatic carbocycles. The first-order chi connectivity index (χ1) is 14.5. The predicted molar refractivity (Wildman–Crippen MR) is 135 cm³/mol. The van der Waals surface area contributed by atoms with Crippen LogP contribution in [0.3, 0.4) is 0 Å². The lowest BCUT2D eigenvalue weighted by Gasteiger charge is -2.18. The van der Waals surface area contributed by atoms with Crippen molar-refractivity contribution >= 4 is 24.8 Å². The van der Waals surface area contributed by atoms with Gasteiger partial charge in [-0.15, -0.1) is 24.8 Å². The molecule has 0 unspecified atom stereocenters. The Morgan fingerprint density at radius 2 is 1.66 bits per heavy atom. The average molecular weight is 479 g/mol. The third kappa shape index (κ3) is 6.79. The van der Waals surface area contributed by atoms with Crippen molar-refractivity contribution in [2.24, 2.45) is 0 Å². The fourth-order valence-electron chi connectivity index (χ4n) is 3.30. The Hall–Kier alpha value is -2.41. The van der Waals surface area contributed by atoms with E-state index in [-0.39, 0.29) is 36.4 Å². The van der Waals surface area contributed by atoms with Gasteiger partial charge in [0.2, 0.25) is 5.88 Å². The molecule has 2 aromatic heterocycles. The Bertz CT molecular complexity index is 1020. The number of ether oxygens (including phenoxy) is 1. The van der Waals surface area contributed by atoms with E-state index in [1.165, 1.54) is 4.68 Å². The minimum absolute atomic E-state index is 0. The Morgan fingerprint density at radius 3 is 2.28 bits per heavy atom. The summed E-state index contributed by atoms with van der Waals surface area (Å²) in [6.45, 7) is 11.6. The van der Waals surface area contributed by atoms with Crippen molar-refractivity contribution in [3.63, 3.8) is 0 Å². The van der Waals surface area contributed by atoms with E-state index in [1.807, 2.05) is 56.3 Å². The minimum Gasteiger partial charge on any atom is -0.476 e. The molecule has 0 aliphatic heterocycles. The van der Waals surface area contributed by atoms with E-state index in [1.54, 1.807) is 12.1 Å². The number of benzene rings is 1. The molecule has 32 heavy (non-hydrogen) atoms. The van der Waals surface area contributed by atoms with Gasteiger partial charge in [-0.1, -0.05) is 44.2 Å². The first-order valence-corrected chi connectivity index (χ1v) is 10.5. The van der Waals surface area contributed by atoms with Crippen LogP contribution in [-0.2, 0) is 0 Å². The number of hydrogen-bond donors (Lipinski definition) is 0. The molecule has 1 aromatic carbocycles. The summed E-state index contributed by atoms with van der Waals surface area (Å²) in [5, 5.41) is 4.58. The molecule has 0 bridgehead atoms. The quantitative estimate of drug-likeness (QED) is 0.427. The van der Waals surface area contributed by atoms with E-state index >= 15 is 0 Å². The molecule has 0 saturated carbocycles. The van der Waals surface area contributed by atoms with Gasteiger partial charge in [0.05, 0.1) is 17.4 Å². The van der Waals surface area contributed by atoms with Crippen LogP contribution in [0.5, 0.6) is 5.88 Å². The lowest BCUT2D eigenvalue weighted by atomic mass is 10.0. The molecule has 2 heterocycles. The number of rotatable bonds is 9. The number of hydrogen-bond acceptors (Lipinski definition) is 5. The molecule has 6 nitrogen and oxygen atoms in total. The van der Waals surface area contributed by atoms with E-state index in [0.29, 0.717) is 18.2 Å². The molecule has 3 rings (SSSR count). The standard InChI is InChI=1S/C24H30N4O2.2ClH/c1-5-27(6-2)16-17-30-22-14-12-20(24(25-22)19-10-8-7-9-11-19)21-13-15-23(29)28(26-21)18(3)4;;/h7-15,18H,5-6,16-17H2,1-4H3;2*1H. The maximum absolute atomic E-state index is 12.1. The van der Waals surface area contributed by atoms with Gasteiger partial charge in [0, 0.05) is 29.8 Å². The zero-order valence-corrected chi connectivity index (χ0v) is 20.7. The Kier molecular flexibility index (Phi) is 11.4. The summed E-state index contributed by atoms with van der Waals surface area (Å²) < 4.78 is 7.44. The molecule has 3 aromatic rings. The second-order valence-corrected chi connectivity index (χ2v) is 7.38. The third-order valence-electron chi connectivity index (χ3n) is 5.06. The topological polar surface area (TPSA) is 60.2 Å². The van der Waals surface area contributed by atoms with Crippen molar-refractivity contribution in [1.29, 1.82) is 0 Å². The van der Waals surface area contributed by atoms with Crippen LogP contribution >= 0.6 is 24.8 Å². The van der Waals surface area contributed by atoms with Gasteiger partial charge in [-0.2, -0.15) is 5.10 Å². The maximum atomic E-state index is 12.1. The van der Waals surface area contributed by atoms with Gasteiger partial charge in [0.1, 0.15) is 6.61 Å². The zero-order valence-electron chi connectivity index (χ0n) is 19.0. The Balaban J connectivity index is 0.00000256. The van der Waals surface area contributed by atoms with E-state index in [9.17, 15) is 4.79 Å². The molecule has 0 aliphatic rings. The normalized spacial score (nSPS) is 10.6. The van der Waals surface area contributed by atoms with Crippen molar-refractivity contribution in [2.75, 3.05) is 26.2 Å². The van der Waals surface area contributed by atoms with E-state index < -0.39 is 0 Å². The molecular formula is C24H32Cl2N4O2. The molecule has 0 N–H and O–H groups in total. The predicted octanol–water partition coefficient (Wildman–Crippen LogP) is 5.12. The van der Waals surface area contributed by atoms with Gasteiger partial charge in [-0.3, -0.25) is 4.79 Å². The van der Waals surface area contributed by atoms with Gasteiger partial charge >= 0.3 is 0 Å². The fraction of sp³-hybridized carbons (Fsp3) is 0.375. The molecule has 0 amide bonds. The van der Waals surface area contributed by atoms with E-state index in [4.69, 9.17) is 9.72 Å². The number of pyridine rings is 1. The maximum Gasteiger partial charge on any atom is 0.267 e. The number of nitrogens with zero attached hydrogens (tertiary/aromatic N) is 4. The molecule has 0 radical (unpaired) electrons. The summed E-state index contributed by atoms with van der Waals surface area (Å²) in [6, 6.07) is 17.1. The fourth-order valence-corrected chi connectivity index (χ4v) is 3.30. The van der Waals surface area contributed by atoms with Gasteiger partial charge in [-0.25, -0.2) is 9.67 Å². The Morgan fingerprint density at radius 1 is 0.969 bits per heavy atom. The average Bonchev–Trinajstić information content (AvgIpc) is 2.77. The minimum atomic E-state index is -0.112. The SMILES string of the molecule is CCN(CC)CCOc1ccc(-c2ccc(=O)n(C(C)C)n2)c(-c2ccccc2)n1.Cl.Cl. The lowest BCUT2D eigenvalue weighted by Crippen LogP contribution is -2.28. The van der Waals surface area contributed by atoms with Crippen LogP contribution in [-0.4, -0.2) is 45.9 Å². The van der Waals surface area contributed by atoms with Crippen molar-refractivity contribution < 1.29 is 4.74 Å². The first-order valence-electron chi connectivity index (χ1n) is 10.5. The third-order valence-corrected chi connectivity index (χ3v) is 5.06. The summed E-state index contributed by atoms with van der Waals surface area (Å²) in [7, 11) is 0.